The van der Waals surface area contributed by atoms with E-state index in [0.29, 0.717) is 13.2 Å². The van der Waals surface area contributed by atoms with Gasteiger partial charge >= 0.3 is 31.4 Å². The van der Waals surface area contributed by atoms with E-state index in [0.717, 1.165) is 11.1 Å². The molecule has 0 amide bonds. The summed E-state index contributed by atoms with van der Waals surface area (Å²) in [6, 6.07) is 19.1. The van der Waals surface area contributed by atoms with Crippen molar-refractivity contribution in [3.05, 3.63) is 71.8 Å². The Hall–Kier alpha value is -2.89. The summed E-state index contributed by atoms with van der Waals surface area (Å²) in [5.41, 5.74) is 2.05. The molecule has 0 aliphatic carbocycles. The lowest BCUT2D eigenvalue weighted by atomic mass is 10.2. The van der Waals surface area contributed by atoms with Crippen molar-refractivity contribution in [1.29, 1.82) is 0 Å². The van der Waals surface area contributed by atoms with E-state index in [9.17, 15) is 57.5 Å². The number of ether oxygens (including phenoxy) is 9. The number of rotatable bonds is 21. The molecule has 2 aromatic carbocycles. The van der Waals surface area contributed by atoms with Crippen molar-refractivity contribution in [2.45, 2.75) is 38.7 Å². The Balaban J connectivity index is -0.000000657. The first kappa shape index (κ1) is 58.4. The highest BCUT2D eigenvalue weighted by atomic mass is 79.9. The normalized spacial score (nSPS) is 11.4. The minimum Gasteiger partial charge on any atom is -0.480 e. The zero-order valence-electron chi connectivity index (χ0n) is 29.5. The molecule has 334 valence electrons. The molecule has 0 unspecified atom stereocenters. The average Bonchev–Trinajstić information content (AvgIpc) is 3.11. The van der Waals surface area contributed by atoms with Crippen molar-refractivity contribution in [3.63, 3.8) is 0 Å². The molecule has 0 saturated carbocycles. The van der Waals surface area contributed by atoms with Crippen LogP contribution >= 0.6 is 15.9 Å². The number of benzene rings is 2. The van der Waals surface area contributed by atoms with Gasteiger partial charge in [0.2, 0.25) is 0 Å². The predicted molar refractivity (Wildman–Crippen MR) is 174 cm³/mol. The summed E-state index contributed by atoms with van der Waals surface area (Å²) in [6.07, 6.45) is -18.4. The van der Waals surface area contributed by atoms with E-state index in [2.05, 4.69) is 44.4 Å². The van der Waals surface area contributed by atoms with Crippen LogP contribution in [0.5, 0.6) is 0 Å². The van der Waals surface area contributed by atoms with Crippen LogP contribution in [0.3, 0.4) is 0 Å². The number of carboxylic acid groups (broad SMARTS) is 1. The highest BCUT2D eigenvalue weighted by molar-refractivity contribution is 9.09. The maximum atomic E-state index is 11.5. The summed E-state index contributed by atoms with van der Waals surface area (Å²) in [5.74, 6) is -1.23. The molecule has 2 rings (SSSR count). The summed E-state index contributed by atoms with van der Waals surface area (Å²) >= 11 is 2.78. The topological polar surface area (TPSA) is 161 Å². The van der Waals surface area contributed by atoms with Crippen LogP contribution in [0.15, 0.2) is 60.7 Å². The lowest BCUT2D eigenvalue weighted by Crippen LogP contribution is -2.18. The van der Waals surface area contributed by atoms with Crippen molar-refractivity contribution < 1.29 is 115 Å². The Labute approximate surface area is 326 Å². The maximum absolute atomic E-state index is 11.5. The SMILES string of the molecule is FC(F)(F)OCCBr.FC(F)(F)OCCOCOCc1ccccc1.O=C(O)COCCOC(F)(F)F.OCOCCOC(F)(F)F.OCOCc1ccccc1. The Bertz CT molecular complexity index is 1160. The standard InChI is InChI=1S/C11H13F3O3.C8H10O2.C5H7F3O4.C4H7F3O3.C3H4BrF3O/c12-11(13,14)17-7-6-15-9-16-8-10-4-2-1-3-5-10;9-7-10-6-8-4-2-1-3-5-8;6-5(7,8)12-2-1-11-3-4(9)10;5-4(6,7)10-2-1-9-3-8;4-1-2-8-3(5,6)7/h1-5H,6-9H2;1-5,9H,6-7H2;1-3H2,(H,9,10);8H,1-3H2;1-2H2. The Kier molecular flexibility index (Phi) is 37.1. The van der Waals surface area contributed by atoms with Crippen LogP contribution in [0.25, 0.3) is 0 Å². The summed E-state index contributed by atoms with van der Waals surface area (Å²) in [4.78, 5) is 9.77. The van der Waals surface area contributed by atoms with Gasteiger partial charge < -0.3 is 39.0 Å². The highest BCUT2D eigenvalue weighted by Crippen LogP contribution is 2.17. The molecule has 2 aromatic rings. The maximum Gasteiger partial charge on any atom is 0.522 e. The van der Waals surface area contributed by atoms with Crippen LogP contribution < -0.4 is 0 Å². The fourth-order valence-corrected chi connectivity index (χ4v) is 2.78. The van der Waals surface area contributed by atoms with Gasteiger partial charge in [0.25, 0.3) is 0 Å². The first-order chi connectivity index (χ1) is 26.5. The predicted octanol–water partition coefficient (Wildman–Crippen LogP) is 6.90. The van der Waals surface area contributed by atoms with Gasteiger partial charge in [0.1, 0.15) is 27.0 Å². The molecule has 0 aliphatic rings. The van der Waals surface area contributed by atoms with E-state index in [-0.39, 0.29) is 38.7 Å². The highest BCUT2D eigenvalue weighted by Gasteiger charge is 2.30. The Morgan fingerprint density at radius 2 is 0.842 bits per heavy atom. The van der Waals surface area contributed by atoms with Crippen molar-refractivity contribution in [1.82, 2.24) is 0 Å². The lowest BCUT2D eigenvalue weighted by Gasteiger charge is -2.08. The van der Waals surface area contributed by atoms with Gasteiger partial charge in [-0.2, -0.15) is 0 Å². The smallest absolute Gasteiger partial charge is 0.480 e. The van der Waals surface area contributed by atoms with Gasteiger partial charge in [-0.15, -0.1) is 52.7 Å². The monoisotopic (exact) mass is 928 g/mol. The molecule has 13 nitrogen and oxygen atoms in total. The molecule has 0 bridgehead atoms. The second-order valence-electron chi connectivity index (χ2n) is 9.17. The van der Waals surface area contributed by atoms with Crippen molar-refractivity contribution >= 4 is 21.9 Å². The summed E-state index contributed by atoms with van der Waals surface area (Å²) in [5, 5.41) is 24.4. The van der Waals surface area contributed by atoms with Crippen molar-refractivity contribution in [2.24, 2.45) is 0 Å². The zero-order valence-corrected chi connectivity index (χ0v) is 31.1. The number of hydrogen-bond acceptors (Lipinski definition) is 12. The third-order valence-corrected chi connectivity index (χ3v) is 4.94. The quantitative estimate of drug-likeness (QED) is 0.0514. The first-order valence-electron chi connectivity index (χ1n) is 15.3. The Morgan fingerprint density at radius 1 is 0.491 bits per heavy atom. The van der Waals surface area contributed by atoms with Crippen LogP contribution in [0.1, 0.15) is 11.1 Å². The third-order valence-electron chi connectivity index (χ3n) is 4.62. The minimum atomic E-state index is -4.69. The van der Waals surface area contributed by atoms with Crippen molar-refractivity contribution in [2.75, 3.05) is 78.6 Å². The minimum absolute atomic E-state index is 0.0594. The molecule has 0 atom stereocenters. The zero-order chi connectivity index (χ0) is 44.1. The average molecular weight is 930 g/mol. The van der Waals surface area contributed by atoms with Crippen molar-refractivity contribution in [3.8, 4) is 0 Å². The van der Waals surface area contributed by atoms with Crippen LogP contribution in [0.4, 0.5) is 52.7 Å². The second-order valence-corrected chi connectivity index (χ2v) is 9.97. The molecule has 57 heavy (non-hydrogen) atoms. The fourth-order valence-electron chi connectivity index (χ4n) is 2.62. The summed E-state index contributed by atoms with van der Waals surface area (Å²) in [7, 11) is 0. The number of aliphatic hydroxyl groups is 2. The number of aliphatic hydroxyl groups excluding tert-OH is 2. The number of carbonyl (C=O) groups is 1. The summed E-state index contributed by atoms with van der Waals surface area (Å²) in [6.45, 7) is -3.62. The number of aliphatic carboxylic acids is 1. The van der Waals surface area contributed by atoms with Crippen LogP contribution in [-0.2, 0) is 60.6 Å². The number of hydrogen-bond donors (Lipinski definition) is 3. The molecular weight excluding hydrogens is 888 g/mol. The van der Waals surface area contributed by atoms with E-state index in [1.54, 1.807) is 0 Å². The van der Waals surface area contributed by atoms with Gasteiger partial charge in [-0.05, 0) is 11.1 Å². The molecule has 0 saturated heterocycles. The molecule has 0 heterocycles. The van der Waals surface area contributed by atoms with E-state index in [1.165, 1.54) is 0 Å². The van der Waals surface area contributed by atoms with Crippen LogP contribution in [0, 0.1) is 0 Å². The second kappa shape index (κ2) is 36.2. The lowest BCUT2D eigenvalue weighted by molar-refractivity contribution is -0.328. The van der Waals surface area contributed by atoms with Crippen LogP contribution in [0.2, 0.25) is 0 Å². The molecule has 0 fully saturated rings. The summed E-state index contributed by atoms with van der Waals surface area (Å²) < 4.78 is 171. The molecule has 0 radical (unpaired) electrons. The van der Waals surface area contributed by atoms with Gasteiger partial charge in [0.15, 0.2) is 0 Å². The Morgan fingerprint density at radius 3 is 1.18 bits per heavy atom. The van der Waals surface area contributed by atoms with E-state index >= 15 is 0 Å². The first-order valence-corrected chi connectivity index (χ1v) is 16.5. The van der Waals surface area contributed by atoms with E-state index < -0.39 is 71.2 Å². The molecule has 0 spiro atoms. The van der Waals surface area contributed by atoms with Gasteiger partial charge in [0.05, 0.1) is 59.5 Å². The van der Waals surface area contributed by atoms with Gasteiger partial charge in [-0.3, -0.25) is 18.9 Å². The molecule has 26 heteroatoms. The fraction of sp³-hybridized carbons (Fsp3) is 0.581. The largest absolute Gasteiger partial charge is 0.522 e. The number of carboxylic acids is 1. The third kappa shape index (κ3) is 57.5. The molecular formula is C31H41BrF12O13. The van der Waals surface area contributed by atoms with E-state index in [4.69, 9.17) is 29.5 Å². The van der Waals surface area contributed by atoms with Gasteiger partial charge in [-0.1, -0.05) is 76.6 Å². The number of alkyl halides is 13. The van der Waals surface area contributed by atoms with Crippen LogP contribution in [-0.4, -0.2) is 125 Å². The molecule has 0 aromatic heterocycles. The molecule has 0 aliphatic heterocycles. The van der Waals surface area contributed by atoms with Gasteiger partial charge in [-0.25, -0.2) is 4.79 Å². The van der Waals surface area contributed by atoms with E-state index in [1.807, 2.05) is 60.7 Å². The number of halogens is 13. The van der Waals surface area contributed by atoms with Gasteiger partial charge in [0, 0.05) is 5.33 Å². The molecule has 3 N–H and O–H groups in total.